The van der Waals surface area contributed by atoms with Gasteiger partial charge in [0.1, 0.15) is 12.4 Å². The summed E-state index contributed by atoms with van der Waals surface area (Å²) < 4.78 is 10.7. The molecule has 3 aromatic rings. The lowest BCUT2D eigenvalue weighted by Gasteiger charge is -2.16. The Kier molecular flexibility index (Phi) is 5.38. The van der Waals surface area contributed by atoms with Crippen molar-refractivity contribution in [1.82, 2.24) is 0 Å². The molecule has 0 unspecified atom stereocenters. The average Bonchev–Trinajstić information content (AvgIpc) is 2.78. The number of para-hydroxylation sites is 1. The molecule has 0 aromatic heterocycles. The minimum atomic E-state index is -0.561. The van der Waals surface area contributed by atoms with Crippen molar-refractivity contribution < 1.29 is 19.1 Å². The summed E-state index contributed by atoms with van der Waals surface area (Å²) in [5, 5.41) is 2.73. The van der Waals surface area contributed by atoms with Gasteiger partial charge in [-0.25, -0.2) is 4.79 Å². The summed E-state index contributed by atoms with van der Waals surface area (Å²) in [7, 11) is 0. The van der Waals surface area contributed by atoms with E-state index in [0.717, 1.165) is 22.4 Å². The molecule has 1 heterocycles. The van der Waals surface area contributed by atoms with E-state index in [-0.39, 0.29) is 13.2 Å². The summed E-state index contributed by atoms with van der Waals surface area (Å²) in [6.45, 7) is -0.239. The van der Waals surface area contributed by atoms with Gasteiger partial charge >= 0.3 is 5.97 Å². The molecule has 0 atom stereocenters. The zero-order valence-electron chi connectivity index (χ0n) is 15.6. The van der Waals surface area contributed by atoms with E-state index in [1.807, 2.05) is 78.9 Å². The van der Waals surface area contributed by atoms with Crippen molar-refractivity contribution in [1.29, 1.82) is 0 Å². The topological polar surface area (TPSA) is 64.6 Å². The Bertz CT molecular complexity index is 1060. The van der Waals surface area contributed by atoms with E-state index in [2.05, 4.69) is 5.32 Å². The zero-order valence-corrected chi connectivity index (χ0v) is 15.6. The minimum Gasteiger partial charge on any atom is -0.488 e. The highest BCUT2D eigenvalue weighted by atomic mass is 16.5. The number of hydrogen-bond donors (Lipinski definition) is 1. The van der Waals surface area contributed by atoms with E-state index in [0.29, 0.717) is 11.3 Å². The third-order valence-electron chi connectivity index (χ3n) is 4.50. The van der Waals surface area contributed by atoms with E-state index in [4.69, 9.17) is 9.47 Å². The van der Waals surface area contributed by atoms with Gasteiger partial charge in [-0.15, -0.1) is 0 Å². The zero-order chi connectivity index (χ0) is 20.1. The van der Waals surface area contributed by atoms with Crippen LogP contribution >= 0.6 is 0 Å². The molecule has 0 saturated heterocycles. The van der Waals surface area contributed by atoms with Crippen molar-refractivity contribution in [2.75, 3.05) is 18.5 Å². The summed E-state index contributed by atoms with van der Waals surface area (Å²) in [6, 6.07) is 24.9. The minimum absolute atomic E-state index is 0.123. The summed E-state index contributed by atoms with van der Waals surface area (Å²) in [4.78, 5) is 24.3. The maximum atomic E-state index is 12.2. The quantitative estimate of drug-likeness (QED) is 0.665. The predicted molar refractivity (Wildman–Crippen MR) is 111 cm³/mol. The smallest absolute Gasteiger partial charge is 0.338 e. The van der Waals surface area contributed by atoms with Gasteiger partial charge in [-0.2, -0.15) is 0 Å². The Morgan fingerprint density at radius 1 is 0.862 bits per heavy atom. The van der Waals surface area contributed by atoms with Crippen LogP contribution in [0.5, 0.6) is 5.75 Å². The normalized spacial score (nSPS) is 12.2. The SMILES string of the molecule is O=C(COC(=O)C1=Cc2ccccc2OC1)Nc1ccc(-c2ccccc2)cc1. The number of fused-ring (bicyclic) bond motifs is 1. The average molecular weight is 385 g/mol. The van der Waals surface area contributed by atoms with Crippen molar-refractivity contribution >= 4 is 23.6 Å². The Morgan fingerprint density at radius 2 is 1.55 bits per heavy atom. The molecule has 5 heteroatoms. The van der Waals surface area contributed by atoms with Crippen LogP contribution in [0.1, 0.15) is 5.56 Å². The summed E-state index contributed by atoms with van der Waals surface area (Å²) >= 11 is 0. The van der Waals surface area contributed by atoms with E-state index in [9.17, 15) is 9.59 Å². The van der Waals surface area contributed by atoms with E-state index < -0.39 is 11.9 Å². The molecular weight excluding hydrogens is 366 g/mol. The second-order valence-electron chi connectivity index (χ2n) is 6.56. The molecule has 1 amide bonds. The number of esters is 1. The lowest BCUT2D eigenvalue weighted by atomic mass is 10.1. The van der Waals surface area contributed by atoms with Gasteiger partial charge in [-0.1, -0.05) is 60.7 Å². The monoisotopic (exact) mass is 385 g/mol. The molecule has 4 rings (SSSR count). The molecule has 3 aromatic carbocycles. The number of amides is 1. The van der Waals surface area contributed by atoms with Gasteiger partial charge in [-0.3, -0.25) is 4.79 Å². The molecule has 1 aliphatic heterocycles. The van der Waals surface area contributed by atoms with Crippen LogP contribution in [0.2, 0.25) is 0 Å². The standard InChI is InChI=1S/C24H19NO4/c26-23(25-21-12-10-18(11-13-21)17-6-2-1-3-7-17)16-29-24(27)20-14-19-8-4-5-9-22(19)28-15-20/h1-14H,15-16H2,(H,25,26). The molecule has 1 aliphatic rings. The highest BCUT2D eigenvalue weighted by Gasteiger charge is 2.19. The summed E-state index contributed by atoms with van der Waals surface area (Å²) in [5.41, 5.74) is 3.99. The first-order chi connectivity index (χ1) is 14.2. The molecule has 0 bridgehead atoms. The number of carbonyl (C=O) groups is 2. The first-order valence-corrected chi connectivity index (χ1v) is 9.24. The number of rotatable bonds is 5. The fourth-order valence-corrected chi connectivity index (χ4v) is 3.03. The molecule has 144 valence electrons. The molecule has 0 saturated carbocycles. The maximum Gasteiger partial charge on any atom is 0.338 e. The van der Waals surface area contributed by atoms with Crippen LogP contribution in [0.4, 0.5) is 5.69 Å². The third-order valence-corrected chi connectivity index (χ3v) is 4.50. The lowest BCUT2D eigenvalue weighted by molar-refractivity contribution is -0.143. The second kappa shape index (κ2) is 8.44. The number of nitrogens with one attached hydrogen (secondary N) is 1. The first-order valence-electron chi connectivity index (χ1n) is 9.24. The molecule has 0 aliphatic carbocycles. The van der Waals surface area contributed by atoms with Crippen LogP contribution in [-0.4, -0.2) is 25.1 Å². The molecule has 1 N–H and O–H groups in total. The molecule has 0 fully saturated rings. The van der Waals surface area contributed by atoms with E-state index in [1.54, 1.807) is 6.08 Å². The maximum absolute atomic E-state index is 12.2. The van der Waals surface area contributed by atoms with Gasteiger partial charge in [0.25, 0.3) is 5.91 Å². The second-order valence-corrected chi connectivity index (χ2v) is 6.56. The molecule has 29 heavy (non-hydrogen) atoms. The summed E-state index contributed by atoms with van der Waals surface area (Å²) in [5.74, 6) is -0.238. The molecule has 0 spiro atoms. The van der Waals surface area contributed by atoms with Crippen molar-refractivity contribution in [3.05, 3.63) is 90.0 Å². The van der Waals surface area contributed by atoms with Gasteiger partial charge in [0.15, 0.2) is 6.61 Å². The highest BCUT2D eigenvalue weighted by molar-refractivity contribution is 5.98. The van der Waals surface area contributed by atoms with Gasteiger partial charge in [0.05, 0.1) is 5.57 Å². The van der Waals surface area contributed by atoms with Gasteiger partial charge < -0.3 is 14.8 Å². The first kappa shape index (κ1) is 18.5. The van der Waals surface area contributed by atoms with Gasteiger partial charge in [0, 0.05) is 11.3 Å². The molecule has 5 nitrogen and oxygen atoms in total. The molecular formula is C24H19NO4. The van der Waals surface area contributed by atoms with Crippen molar-refractivity contribution in [3.63, 3.8) is 0 Å². The summed E-state index contributed by atoms with van der Waals surface area (Å²) in [6.07, 6.45) is 1.72. The van der Waals surface area contributed by atoms with Crippen LogP contribution in [-0.2, 0) is 14.3 Å². The molecule has 0 radical (unpaired) electrons. The fourth-order valence-electron chi connectivity index (χ4n) is 3.03. The van der Waals surface area contributed by atoms with E-state index in [1.165, 1.54) is 0 Å². The number of carbonyl (C=O) groups excluding carboxylic acids is 2. The number of hydrogen-bond acceptors (Lipinski definition) is 4. The third kappa shape index (κ3) is 4.52. The Hall–Kier alpha value is -3.86. The Labute approximate surface area is 168 Å². The lowest BCUT2D eigenvalue weighted by Crippen LogP contribution is -2.23. The largest absolute Gasteiger partial charge is 0.488 e. The fraction of sp³-hybridized carbons (Fsp3) is 0.0833. The van der Waals surface area contributed by atoms with Crippen LogP contribution < -0.4 is 10.1 Å². The van der Waals surface area contributed by atoms with Crippen LogP contribution in [0.3, 0.4) is 0 Å². The number of ether oxygens (including phenoxy) is 2. The predicted octanol–water partition coefficient (Wildman–Crippen LogP) is 4.31. The van der Waals surface area contributed by atoms with E-state index >= 15 is 0 Å². The van der Waals surface area contributed by atoms with Crippen LogP contribution in [0.15, 0.2) is 84.4 Å². The highest BCUT2D eigenvalue weighted by Crippen LogP contribution is 2.26. The van der Waals surface area contributed by atoms with Crippen molar-refractivity contribution in [2.24, 2.45) is 0 Å². The van der Waals surface area contributed by atoms with Gasteiger partial charge in [-0.05, 0) is 35.4 Å². The Balaban J connectivity index is 1.31. The van der Waals surface area contributed by atoms with Gasteiger partial charge in [0.2, 0.25) is 0 Å². The van der Waals surface area contributed by atoms with Crippen molar-refractivity contribution in [3.8, 4) is 16.9 Å². The number of benzene rings is 3. The van der Waals surface area contributed by atoms with Crippen LogP contribution in [0, 0.1) is 0 Å². The number of anilines is 1. The van der Waals surface area contributed by atoms with Crippen LogP contribution in [0.25, 0.3) is 17.2 Å². The Morgan fingerprint density at radius 3 is 2.34 bits per heavy atom. The van der Waals surface area contributed by atoms with Crippen molar-refractivity contribution in [2.45, 2.75) is 0 Å².